The Labute approximate surface area is 170 Å². The molecule has 1 aliphatic rings. The molecular weight excluding hydrogens is 396 g/mol. The smallest absolute Gasteiger partial charge is 0.284 e. The minimum atomic E-state index is -0.460. The average molecular weight is 415 g/mol. The molecule has 28 heavy (non-hydrogen) atoms. The van der Waals surface area contributed by atoms with Crippen LogP contribution in [-0.2, 0) is 17.6 Å². The van der Waals surface area contributed by atoms with Gasteiger partial charge in [0.1, 0.15) is 11.1 Å². The van der Waals surface area contributed by atoms with Crippen molar-refractivity contribution in [2.45, 2.75) is 49.5 Å². The molecule has 3 aromatic rings. The van der Waals surface area contributed by atoms with Gasteiger partial charge in [-0.25, -0.2) is 0 Å². The summed E-state index contributed by atoms with van der Waals surface area (Å²) >= 11 is 2.70. The molecule has 7 nitrogen and oxygen atoms in total. The Hall–Kier alpha value is -2.57. The Morgan fingerprint density at radius 1 is 1.36 bits per heavy atom. The molecule has 3 heterocycles. The highest BCUT2D eigenvalue weighted by Crippen LogP contribution is 2.37. The summed E-state index contributed by atoms with van der Waals surface area (Å²) in [6.07, 6.45) is 6.82. The molecular formula is C19H18N4O3S2. The predicted molar refractivity (Wildman–Crippen MR) is 106 cm³/mol. The monoisotopic (exact) mass is 414 g/mol. The molecule has 1 atom stereocenters. The molecule has 0 saturated carbocycles. The van der Waals surface area contributed by atoms with Crippen LogP contribution in [0, 0.1) is 11.3 Å². The molecule has 1 N–H and O–H groups in total. The van der Waals surface area contributed by atoms with Crippen LogP contribution in [-0.4, -0.2) is 21.4 Å². The van der Waals surface area contributed by atoms with Gasteiger partial charge in [-0.1, -0.05) is 18.2 Å². The first-order chi connectivity index (χ1) is 13.7. The fraction of sp³-hybridized carbons (Fsp3) is 0.368. The predicted octanol–water partition coefficient (Wildman–Crippen LogP) is 4.65. The van der Waals surface area contributed by atoms with Crippen LogP contribution in [0.2, 0.25) is 0 Å². The van der Waals surface area contributed by atoms with E-state index in [2.05, 4.69) is 21.6 Å². The zero-order chi connectivity index (χ0) is 19.5. The van der Waals surface area contributed by atoms with Gasteiger partial charge in [-0.05, 0) is 50.3 Å². The number of carbonyl (C=O) groups is 1. The van der Waals surface area contributed by atoms with Crippen LogP contribution in [0.3, 0.4) is 0 Å². The minimum Gasteiger partial charge on any atom is -0.459 e. The van der Waals surface area contributed by atoms with Gasteiger partial charge in [0, 0.05) is 4.88 Å². The number of aromatic nitrogens is 2. The van der Waals surface area contributed by atoms with E-state index < -0.39 is 5.25 Å². The van der Waals surface area contributed by atoms with Crippen LogP contribution in [0.5, 0.6) is 0 Å². The van der Waals surface area contributed by atoms with Crippen molar-refractivity contribution in [3.63, 3.8) is 0 Å². The summed E-state index contributed by atoms with van der Waals surface area (Å²) in [4.78, 5) is 13.9. The maximum Gasteiger partial charge on any atom is 0.284 e. The summed E-state index contributed by atoms with van der Waals surface area (Å²) in [6.45, 7) is 1.77. The van der Waals surface area contributed by atoms with Gasteiger partial charge in [-0.15, -0.1) is 21.5 Å². The second-order valence-electron chi connectivity index (χ2n) is 6.48. The number of nitrogens with zero attached hydrogens (tertiary/aromatic N) is 3. The maximum absolute atomic E-state index is 12.7. The third-order valence-corrected chi connectivity index (χ3v) is 6.70. The van der Waals surface area contributed by atoms with Gasteiger partial charge < -0.3 is 14.2 Å². The lowest BCUT2D eigenvalue weighted by Gasteiger charge is -2.09. The first-order valence-electron chi connectivity index (χ1n) is 9.05. The van der Waals surface area contributed by atoms with Gasteiger partial charge in [0.15, 0.2) is 5.76 Å². The average Bonchev–Trinajstić information content (AvgIpc) is 3.39. The number of carbonyl (C=O) groups excluding carboxylic acids is 1. The molecule has 0 saturated heterocycles. The van der Waals surface area contributed by atoms with Crippen LogP contribution in [0.4, 0.5) is 5.00 Å². The Morgan fingerprint density at radius 2 is 2.21 bits per heavy atom. The third kappa shape index (κ3) is 3.84. The zero-order valence-electron chi connectivity index (χ0n) is 15.2. The van der Waals surface area contributed by atoms with Gasteiger partial charge in [-0.2, -0.15) is 5.26 Å². The lowest BCUT2D eigenvalue weighted by atomic mass is 10.1. The van der Waals surface area contributed by atoms with E-state index in [0.29, 0.717) is 16.3 Å². The zero-order valence-corrected chi connectivity index (χ0v) is 16.9. The number of amides is 1. The molecule has 3 aromatic heterocycles. The number of nitrogens with one attached hydrogen (secondary N) is 1. The molecule has 0 aromatic carbocycles. The standard InChI is InChI=1S/C19H18N4O3S2/c1-11(27-19-23-22-17(26-19)14-7-5-9-25-14)16(24)21-18-13(10-20)12-6-3-2-4-8-15(12)28-18/h5,7,9,11H,2-4,6,8H2,1H3,(H,21,24)/t11-/m0/s1. The van der Waals surface area contributed by atoms with Gasteiger partial charge in [0.05, 0.1) is 17.1 Å². The lowest BCUT2D eigenvalue weighted by molar-refractivity contribution is -0.115. The molecule has 0 spiro atoms. The summed E-state index contributed by atoms with van der Waals surface area (Å²) in [7, 11) is 0. The Balaban J connectivity index is 1.45. The van der Waals surface area contributed by atoms with Gasteiger partial charge in [-0.3, -0.25) is 4.79 Å². The van der Waals surface area contributed by atoms with E-state index in [1.165, 1.54) is 40.7 Å². The number of hydrogen-bond donors (Lipinski definition) is 1. The van der Waals surface area contributed by atoms with Crippen LogP contribution >= 0.6 is 23.1 Å². The van der Waals surface area contributed by atoms with Crippen LogP contribution in [0.1, 0.15) is 42.2 Å². The van der Waals surface area contributed by atoms with Gasteiger partial charge in [0.25, 0.3) is 11.1 Å². The van der Waals surface area contributed by atoms with Gasteiger partial charge >= 0.3 is 0 Å². The number of thioether (sulfide) groups is 1. The molecule has 1 amide bonds. The largest absolute Gasteiger partial charge is 0.459 e. The first kappa shape index (κ1) is 18.8. The molecule has 0 radical (unpaired) electrons. The summed E-state index contributed by atoms with van der Waals surface area (Å²) in [5.74, 6) is 0.555. The van der Waals surface area contributed by atoms with E-state index in [1.807, 2.05) is 0 Å². The van der Waals surface area contributed by atoms with Crippen molar-refractivity contribution in [3.8, 4) is 17.7 Å². The second kappa shape index (κ2) is 8.20. The summed E-state index contributed by atoms with van der Waals surface area (Å²) in [5.41, 5.74) is 1.73. The molecule has 4 rings (SSSR count). The van der Waals surface area contributed by atoms with E-state index in [-0.39, 0.29) is 17.0 Å². The second-order valence-corrected chi connectivity index (χ2v) is 8.88. The summed E-state index contributed by atoms with van der Waals surface area (Å²) in [6, 6.07) is 5.74. The fourth-order valence-electron chi connectivity index (χ4n) is 3.12. The Morgan fingerprint density at radius 3 is 3.00 bits per heavy atom. The molecule has 0 unspecified atom stereocenters. The van der Waals surface area contributed by atoms with Crippen molar-refractivity contribution < 1.29 is 13.6 Å². The molecule has 0 aliphatic heterocycles. The normalized spacial score (nSPS) is 14.7. The Kier molecular flexibility index (Phi) is 5.50. The number of furan rings is 1. The van der Waals surface area contributed by atoms with Crippen molar-refractivity contribution >= 4 is 34.0 Å². The van der Waals surface area contributed by atoms with Crippen LogP contribution in [0.15, 0.2) is 32.5 Å². The number of thiophene rings is 1. The van der Waals surface area contributed by atoms with Crippen molar-refractivity contribution in [1.29, 1.82) is 5.26 Å². The van der Waals surface area contributed by atoms with E-state index in [1.54, 1.807) is 19.1 Å². The number of anilines is 1. The van der Waals surface area contributed by atoms with E-state index in [4.69, 9.17) is 8.83 Å². The number of fused-ring (bicyclic) bond motifs is 1. The highest BCUT2D eigenvalue weighted by atomic mass is 32.2. The molecule has 0 fully saturated rings. The first-order valence-corrected chi connectivity index (χ1v) is 10.7. The van der Waals surface area contributed by atoms with E-state index in [0.717, 1.165) is 31.2 Å². The molecule has 0 bridgehead atoms. The Bertz CT molecular complexity index is 1020. The minimum absolute atomic E-state index is 0.198. The topological polar surface area (TPSA) is 105 Å². The number of aryl methyl sites for hydroxylation is 1. The number of rotatable bonds is 5. The van der Waals surface area contributed by atoms with E-state index >= 15 is 0 Å². The van der Waals surface area contributed by atoms with Gasteiger partial charge in [0.2, 0.25) is 5.91 Å². The third-order valence-electron chi connectivity index (χ3n) is 4.56. The highest BCUT2D eigenvalue weighted by molar-refractivity contribution is 8.00. The molecule has 144 valence electrons. The van der Waals surface area contributed by atoms with Crippen molar-refractivity contribution in [2.75, 3.05) is 5.32 Å². The molecule has 9 heteroatoms. The summed E-state index contributed by atoms with van der Waals surface area (Å²) < 4.78 is 10.8. The fourth-order valence-corrected chi connectivity index (χ4v) is 5.05. The summed E-state index contributed by atoms with van der Waals surface area (Å²) in [5, 5.41) is 20.9. The van der Waals surface area contributed by atoms with Crippen molar-refractivity contribution in [1.82, 2.24) is 10.2 Å². The van der Waals surface area contributed by atoms with Crippen molar-refractivity contribution in [3.05, 3.63) is 34.4 Å². The maximum atomic E-state index is 12.7. The number of hydrogen-bond acceptors (Lipinski definition) is 8. The molecule has 1 aliphatic carbocycles. The quantitative estimate of drug-likeness (QED) is 0.478. The van der Waals surface area contributed by atoms with E-state index in [9.17, 15) is 10.1 Å². The SMILES string of the molecule is C[C@H](Sc1nnc(-c2ccco2)o1)C(=O)Nc1sc2c(c1C#N)CCCCC2. The number of nitriles is 1. The van der Waals surface area contributed by atoms with Crippen molar-refractivity contribution in [2.24, 2.45) is 0 Å². The lowest BCUT2D eigenvalue weighted by Crippen LogP contribution is -2.22. The van der Waals surface area contributed by atoms with Crippen LogP contribution in [0.25, 0.3) is 11.7 Å². The highest BCUT2D eigenvalue weighted by Gasteiger charge is 2.24. The van der Waals surface area contributed by atoms with Crippen LogP contribution < -0.4 is 5.32 Å².